The Morgan fingerprint density at radius 3 is 2.61 bits per heavy atom. The minimum absolute atomic E-state index is 0.0628. The lowest BCUT2D eigenvalue weighted by molar-refractivity contribution is -0.163. The van der Waals surface area contributed by atoms with Gasteiger partial charge in [-0.05, 0) is 38.2 Å². The average molecular weight is 640 g/mol. The van der Waals surface area contributed by atoms with Gasteiger partial charge in [-0.1, -0.05) is 55.8 Å². The van der Waals surface area contributed by atoms with Crippen LogP contribution in [0.4, 0.5) is 0 Å². The number of esters is 1. The van der Waals surface area contributed by atoms with Crippen molar-refractivity contribution in [2.75, 3.05) is 33.4 Å². The van der Waals surface area contributed by atoms with Gasteiger partial charge in [-0.3, -0.25) is 19.2 Å². The maximum absolute atomic E-state index is 14.3. The Bertz CT molecular complexity index is 1260. The second-order valence-corrected chi connectivity index (χ2v) is 12.5. The molecule has 2 N–H and O–H groups in total. The fraction of sp³-hybridized carbons (Fsp3) is 0.600. The van der Waals surface area contributed by atoms with Crippen LogP contribution in [0.15, 0.2) is 55.6 Å². The number of amides is 3. The van der Waals surface area contributed by atoms with Gasteiger partial charge in [0.05, 0.1) is 37.2 Å². The minimum Gasteiger partial charge on any atom is -0.455 e. The van der Waals surface area contributed by atoms with Gasteiger partial charge < -0.3 is 34.4 Å². The quantitative estimate of drug-likeness (QED) is 0.185. The molecule has 1 spiro atoms. The smallest absolute Gasteiger partial charge is 0.313 e. The number of hydrogen-bond donors (Lipinski definition) is 2. The third kappa shape index (κ3) is 6.91. The van der Waals surface area contributed by atoms with E-state index < -0.39 is 53.6 Å². The number of likely N-dealkylation sites (tertiary alicyclic amines) is 1. The Balaban J connectivity index is 1.67. The Morgan fingerprint density at radius 2 is 1.98 bits per heavy atom. The van der Waals surface area contributed by atoms with Crippen molar-refractivity contribution in [3.63, 3.8) is 0 Å². The van der Waals surface area contributed by atoms with Crippen LogP contribution in [0.1, 0.15) is 64.0 Å². The summed E-state index contributed by atoms with van der Waals surface area (Å²) in [4.78, 5) is 58.6. The first-order valence-electron chi connectivity index (χ1n) is 16.3. The van der Waals surface area contributed by atoms with Crippen LogP contribution >= 0.6 is 0 Å². The lowest BCUT2D eigenvalue weighted by Gasteiger charge is -2.38. The third-order valence-electron chi connectivity index (χ3n) is 9.50. The summed E-state index contributed by atoms with van der Waals surface area (Å²) in [6.45, 7) is 11.5. The molecule has 3 aliphatic heterocycles. The van der Waals surface area contributed by atoms with Crippen LogP contribution in [0.3, 0.4) is 0 Å². The van der Waals surface area contributed by atoms with E-state index >= 15 is 0 Å². The van der Waals surface area contributed by atoms with E-state index in [9.17, 15) is 24.3 Å². The van der Waals surface area contributed by atoms with Crippen LogP contribution in [-0.4, -0.2) is 102 Å². The molecule has 11 heteroatoms. The minimum atomic E-state index is -1.23. The Kier molecular flexibility index (Phi) is 12.2. The molecule has 0 saturated carbocycles. The van der Waals surface area contributed by atoms with Crippen LogP contribution in [-0.2, 0) is 33.4 Å². The predicted molar refractivity (Wildman–Crippen MR) is 171 cm³/mol. The van der Waals surface area contributed by atoms with E-state index in [4.69, 9.17) is 14.2 Å². The molecule has 3 amide bonds. The first kappa shape index (κ1) is 35.3. The standard InChI is InChI=1S/C35H49N3O8/c1-6-9-16-27(40)36-25(22-44-5)30(24-14-11-10-12-15-24)45-34(43)28-26-17-18-35(46-26)29(28)32(41)38(20-21-39)31(35)33(42)37(19-8-3)23(4)13-7-2/h6,8,10-12,14-15,23,25-26,28-31,39H,1,3,7,9,13,16-22H2,2,4-5H3,(H,36,40)/t23?,25-,26-,28+,29+,30-,31-,35+/m0/s1. The molecule has 0 radical (unpaired) electrons. The summed E-state index contributed by atoms with van der Waals surface area (Å²) in [6.07, 6.45) is 5.02. The van der Waals surface area contributed by atoms with Gasteiger partial charge in [0.15, 0.2) is 0 Å². The highest BCUT2D eigenvalue weighted by Crippen LogP contribution is 2.59. The van der Waals surface area contributed by atoms with Gasteiger partial charge >= 0.3 is 5.97 Å². The molecule has 1 unspecified atom stereocenters. The zero-order chi connectivity index (χ0) is 33.4. The third-order valence-corrected chi connectivity index (χ3v) is 9.50. The molecule has 1 aromatic rings. The van der Waals surface area contributed by atoms with Crippen LogP contribution in [0.2, 0.25) is 0 Å². The average Bonchev–Trinajstić information content (AvgIpc) is 3.69. The van der Waals surface area contributed by atoms with Crippen LogP contribution in [0.25, 0.3) is 0 Å². The van der Waals surface area contributed by atoms with E-state index in [1.807, 2.05) is 32.0 Å². The summed E-state index contributed by atoms with van der Waals surface area (Å²) in [7, 11) is 1.50. The lowest BCUT2D eigenvalue weighted by Crippen LogP contribution is -2.58. The summed E-state index contributed by atoms with van der Waals surface area (Å²) < 4.78 is 18.2. The molecule has 2 bridgehead atoms. The topological polar surface area (TPSA) is 135 Å². The van der Waals surface area contributed by atoms with E-state index in [-0.39, 0.29) is 44.0 Å². The van der Waals surface area contributed by atoms with Gasteiger partial charge in [0.25, 0.3) is 0 Å². The van der Waals surface area contributed by atoms with E-state index in [0.29, 0.717) is 31.4 Å². The number of carbonyl (C=O) groups excluding carboxylic acids is 4. The number of methoxy groups -OCH3 is 1. The van der Waals surface area contributed by atoms with Crippen molar-refractivity contribution in [2.45, 2.75) is 88.3 Å². The van der Waals surface area contributed by atoms with Crippen molar-refractivity contribution in [1.29, 1.82) is 0 Å². The van der Waals surface area contributed by atoms with Crippen molar-refractivity contribution >= 4 is 23.7 Å². The highest BCUT2D eigenvalue weighted by molar-refractivity contribution is 5.98. The monoisotopic (exact) mass is 639 g/mol. The summed E-state index contributed by atoms with van der Waals surface area (Å²) in [5, 5.41) is 12.9. The number of hydrogen-bond acceptors (Lipinski definition) is 8. The molecule has 3 saturated heterocycles. The molecule has 11 nitrogen and oxygen atoms in total. The number of ether oxygens (including phenoxy) is 3. The zero-order valence-electron chi connectivity index (χ0n) is 27.3. The second kappa shape index (κ2) is 15.8. The predicted octanol–water partition coefficient (Wildman–Crippen LogP) is 2.94. The van der Waals surface area contributed by atoms with Crippen molar-refractivity contribution in [2.24, 2.45) is 11.8 Å². The number of carbonyl (C=O) groups is 4. The van der Waals surface area contributed by atoms with Gasteiger partial charge in [-0.25, -0.2) is 0 Å². The van der Waals surface area contributed by atoms with Gasteiger partial charge in [0.1, 0.15) is 17.7 Å². The van der Waals surface area contributed by atoms with E-state index in [0.717, 1.165) is 12.8 Å². The number of nitrogens with zero attached hydrogens (tertiary/aromatic N) is 2. The molecule has 3 heterocycles. The highest BCUT2D eigenvalue weighted by atomic mass is 16.6. The van der Waals surface area contributed by atoms with Gasteiger partial charge in [-0.15, -0.1) is 13.2 Å². The fourth-order valence-corrected chi connectivity index (χ4v) is 7.53. The number of aliphatic hydroxyl groups excluding tert-OH is 1. The van der Waals surface area contributed by atoms with Gasteiger partial charge in [-0.2, -0.15) is 0 Å². The number of nitrogens with one attached hydrogen (secondary N) is 1. The molecule has 0 aromatic heterocycles. The van der Waals surface area contributed by atoms with Crippen molar-refractivity contribution in [3.05, 3.63) is 61.2 Å². The zero-order valence-corrected chi connectivity index (χ0v) is 27.3. The molecule has 8 atom stereocenters. The van der Waals surface area contributed by atoms with Gasteiger partial charge in [0, 0.05) is 32.7 Å². The number of aliphatic hydroxyl groups is 1. The highest BCUT2D eigenvalue weighted by Gasteiger charge is 2.75. The van der Waals surface area contributed by atoms with Gasteiger partial charge in [0.2, 0.25) is 17.7 Å². The SMILES string of the molecule is C=CCCC(=O)N[C@@H](COC)[C@@H](OC(=O)[C@@H]1[C@@H]2CC[C@]3(O2)[C@H](C(=O)N(CC=C)C(C)CCC)N(CCO)C(=O)[C@@H]13)c1ccccc1. The van der Waals surface area contributed by atoms with Crippen LogP contribution in [0.5, 0.6) is 0 Å². The lowest BCUT2D eigenvalue weighted by atomic mass is 9.70. The molecule has 1 aromatic carbocycles. The van der Waals surface area contributed by atoms with Crippen molar-refractivity contribution < 1.29 is 38.5 Å². The largest absolute Gasteiger partial charge is 0.455 e. The van der Waals surface area contributed by atoms with E-state index in [2.05, 4.69) is 18.5 Å². The molecule has 3 fully saturated rings. The molecule has 252 valence electrons. The number of allylic oxidation sites excluding steroid dienone is 1. The van der Waals surface area contributed by atoms with E-state index in [1.54, 1.807) is 29.2 Å². The number of benzene rings is 1. The molecule has 46 heavy (non-hydrogen) atoms. The van der Waals surface area contributed by atoms with Crippen molar-refractivity contribution in [1.82, 2.24) is 15.1 Å². The van der Waals surface area contributed by atoms with Crippen LogP contribution in [0, 0.1) is 11.8 Å². The van der Waals surface area contributed by atoms with E-state index in [1.165, 1.54) is 12.0 Å². The Morgan fingerprint density at radius 1 is 1.24 bits per heavy atom. The number of β-amino-alcohol motifs (C(OH)–C–C–N with tert-alkyl or cyclic N) is 1. The molecule has 3 aliphatic rings. The molecular formula is C35H49N3O8. The second-order valence-electron chi connectivity index (χ2n) is 12.5. The number of rotatable bonds is 18. The first-order chi connectivity index (χ1) is 22.2. The maximum atomic E-state index is 14.3. The molecule has 4 rings (SSSR count). The Hall–Kier alpha value is -3.54. The normalized spacial score (nSPS) is 26.6. The maximum Gasteiger partial charge on any atom is 0.313 e. The summed E-state index contributed by atoms with van der Waals surface area (Å²) in [6, 6.07) is 7.26. The van der Waals surface area contributed by atoms with Crippen LogP contribution < -0.4 is 5.32 Å². The summed E-state index contributed by atoms with van der Waals surface area (Å²) in [5.74, 6) is -3.48. The summed E-state index contributed by atoms with van der Waals surface area (Å²) in [5.41, 5.74) is -0.575. The van der Waals surface area contributed by atoms with Crippen molar-refractivity contribution in [3.8, 4) is 0 Å². The Labute approximate surface area is 271 Å². The fourth-order valence-electron chi connectivity index (χ4n) is 7.53. The first-order valence-corrected chi connectivity index (χ1v) is 16.3. The molecular weight excluding hydrogens is 590 g/mol. The molecule has 0 aliphatic carbocycles. The number of fused-ring (bicyclic) bond motifs is 1. The summed E-state index contributed by atoms with van der Waals surface area (Å²) >= 11 is 0.